The summed E-state index contributed by atoms with van der Waals surface area (Å²) in [4.78, 5) is 4.04. The van der Waals surface area contributed by atoms with Crippen molar-refractivity contribution < 1.29 is 0 Å². The number of benzene rings is 1. The maximum atomic E-state index is 5.98. The molecule has 2 aromatic rings. The summed E-state index contributed by atoms with van der Waals surface area (Å²) in [5, 5.41) is 0. The van der Waals surface area contributed by atoms with Gasteiger partial charge in [0.1, 0.15) is 0 Å². The van der Waals surface area contributed by atoms with E-state index in [0.29, 0.717) is 6.54 Å². The molecule has 1 aromatic heterocycles. The molecule has 3 nitrogen and oxygen atoms in total. The molecule has 94 valence electrons. The summed E-state index contributed by atoms with van der Waals surface area (Å²) >= 11 is 0. The molecule has 1 atom stereocenters. The predicted molar refractivity (Wildman–Crippen MR) is 75.2 cm³/mol. The van der Waals surface area contributed by atoms with Gasteiger partial charge in [0.2, 0.25) is 0 Å². The number of rotatable bonds is 4. The number of hydrogen-bond donors (Lipinski definition) is 2. The molecule has 1 heterocycles. The van der Waals surface area contributed by atoms with Crippen LogP contribution < -0.4 is 11.5 Å². The highest BCUT2D eigenvalue weighted by atomic mass is 14.6. The third-order valence-electron chi connectivity index (χ3n) is 3.40. The van der Waals surface area contributed by atoms with E-state index in [0.717, 1.165) is 12.1 Å². The van der Waals surface area contributed by atoms with Crippen LogP contribution in [0.3, 0.4) is 0 Å². The summed E-state index contributed by atoms with van der Waals surface area (Å²) in [6.45, 7) is 2.78. The van der Waals surface area contributed by atoms with Gasteiger partial charge >= 0.3 is 0 Å². The van der Waals surface area contributed by atoms with E-state index in [1.165, 1.54) is 11.1 Å². The molecule has 4 N–H and O–H groups in total. The molecule has 0 amide bonds. The molecule has 0 bridgehead atoms. The molecule has 0 saturated heterocycles. The average molecular weight is 241 g/mol. The minimum absolute atomic E-state index is 0.0744. The van der Waals surface area contributed by atoms with Gasteiger partial charge in [-0.15, -0.1) is 0 Å². The van der Waals surface area contributed by atoms with Crippen molar-refractivity contribution in [2.24, 2.45) is 5.73 Å². The molecule has 3 heteroatoms. The van der Waals surface area contributed by atoms with Gasteiger partial charge in [0.05, 0.1) is 0 Å². The van der Waals surface area contributed by atoms with Crippen LogP contribution >= 0.6 is 0 Å². The topological polar surface area (TPSA) is 64.9 Å². The highest BCUT2D eigenvalue weighted by molar-refractivity contribution is 5.42. The Balaban J connectivity index is 2.28. The first-order chi connectivity index (χ1) is 8.64. The van der Waals surface area contributed by atoms with Gasteiger partial charge in [0.25, 0.3) is 0 Å². The van der Waals surface area contributed by atoms with Crippen LogP contribution in [-0.4, -0.2) is 11.5 Å². The Labute approximate surface area is 108 Å². The molecule has 0 fully saturated rings. The third kappa shape index (κ3) is 2.68. The first-order valence-electron chi connectivity index (χ1n) is 6.09. The van der Waals surface area contributed by atoms with Crippen LogP contribution in [0.5, 0.6) is 0 Å². The molecule has 18 heavy (non-hydrogen) atoms. The highest BCUT2D eigenvalue weighted by Gasteiger charge is 2.25. The van der Waals surface area contributed by atoms with Crippen molar-refractivity contribution in [3.8, 4) is 0 Å². The lowest BCUT2D eigenvalue weighted by Crippen LogP contribution is -2.34. The molecule has 0 spiro atoms. The van der Waals surface area contributed by atoms with Crippen LogP contribution in [0.25, 0.3) is 0 Å². The highest BCUT2D eigenvalue weighted by Crippen LogP contribution is 2.27. The Hall–Kier alpha value is -1.87. The van der Waals surface area contributed by atoms with E-state index in [1.807, 2.05) is 36.7 Å². The van der Waals surface area contributed by atoms with Gasteiger partial charge < -0.3 is 11.5 Å². The van der Waals surface area contributed by atoms with Crippen molar-refractivity contribution in [3.05, 3.63) is 59.9 Å². The molecule has 0 aliphatic carbocycles. The lowest BCUT2D eigenvalue weighted by Gasteiger charge is -2.29. The van der Waals surface area contributed by atoms with E-state index in [2.05, 4.69) is 24.0 Å². The molecule has 1 aromatic carbocycles. The quantitative estimate of drug-likeness (QED) is 0.806. The van der Waals surface area contributed by atoms with Gasteiger partial charge in [-0.1, -0.05) is 19.1 Å². The maximum Gasteiger partial charge on any atom is 0.0314 e. The lowest BCUT2D eigenvalue weighted by molar-refractivity contribution is 0.481. The monoisotopic (exact) mass is 241 g/mol. The largest absolute Gasteiger partial charge is 0.399 e. The molecular weight excluding hydrogens is 222 g/mol. The summed E-state index contributed by atoms with van der Waals surface area (Å²) in [5.74, 6) is 0. The minimum atomic E-state index is -0.0744. The zero-order valence-corrected chi connectivity index (χ0v) is 10.6. The van der Waals surface area contributed by atoms with Crippen molar-refractivity contribution in [2.75, 3.05) is 12.3 Å². The first kappa shape index (κ1) is 12.6. The van der Waals surface area contributed by atoms with Gasteiger partial charge in [-0.3, -0.25) is 4.98 Å². The first-order valence-corrected chi connectivity index (χ1v) is 6.09. The fraction of sp³-hybridized carbons (Fsp3) is 0.267. The van der Waals surface area contributed by atoms with Crippen LogP contribution in [0, 0.1) is 0 Å². The molecule has 0 aliphatic rings. The SMILES string of the molecule is CC(CN)(Cc1ccncc1)c1ccc(N)cc1. The van der Waals surface area contributed by atoms with E-state index in [1.54, 1.807) is 0 Å². The predicted octanol–water partition coefficient (Wildman–Crippen LogP) is 2.12. The lowest BCUT2D eigenvalue weighted by atomic mass is 9.77. The van der Waals surface area contributed by atoms with E-state index in [4.69, 9.17) is 11.5 Å². The Morgan fingerprint density at radius 3 is 2.22 bits per heavy atom. The van der Waals surface area contributed by atoms with Crippen LogP contribution in [0.2, 0.25) is 0 Å². The third-order valence-corrected chi connectivity index (χ3v) is 3.40. The number of nitrogens with zero attached hydrogens (tertiary/aromatic N) is 1. The Morgan fingerprint density at radius 1 is 1.06 bits per heavy atom. The van der Waals surface area contributed by atoms with Crippen LogP contribution in [0.4, 0.5) is 5.69 Å². The van der Waals surface area contributed by atoms with Gasteiger partial charge in [0, 0.05) is 30.0 Å². The van der Waals surface area contributed by atoms with Gasteiger partial charge in [0.15, 0.2) is 0 Å². The zero-order valence-electron chi connectivity index (χ0n) is 10.6. The molecule has 0 radical (unpaired) electrons. The number of aromatic nitrogens is 1. The standard InChI is InChI=1S/C15H19N3/c1-15(11-16,10-12-6-8-18-9-7-12)13-2-4-14(17)5-3-13/h2-9H,10-11,16-17H2,1H3. The van der Waals surface area contributed by atoms with Crippen LogP contribution in [0.15, 0.2) is 48.8 Å². The summed E-state index contributed by atoms with van der Waals surface area (Å²) < 4.78 is 0. The summed E-state index contributed by atoms with van der Waals surface area (Å²) in [6, 6.07) is 12.0. The average Bonchev–Trinajstić information content (AvgIpc) is 2.40. The van der Waals surface area contributed by atoms with Crippen molar-refractivity contribution in [2.45, 2.75) is 18.8 Å². The van der Waals surface area contributed by atoms with Crippen LogP contribution in [-0.2, 0) is 11.8 Å². The fourth-order valence-corrected chi connectivity index (χ4v) is 2.13. The Kier molecular flexibility index (Phi) is 3.63. The van der Waals surface area contributed by atoms with Crippen molar-refractivity contribution in [3.63, 3.8) is 0 Å². The summed E-state index contributed by atoms with van der Waals surface area (Å²) in [7, 11) is 0. The summed E-state index contributed by atoms with van der Waals surface area (Å²) in [5.41, 5.74) is 14.9. The second-order valence-electron chi connectivity index (χ2n) is 4.92. The molecule has 0 aliphatic heterocycles. The normalized spacial score (nSPS) is 14.1. The number of nitrogens with two attached hydrogens (primary N) is 2. The van der Waals surface area contributed by atoms with Crippen molar-refractivity contribution in [1.29, 1.82) is 0 Å². The van der Waals surface area contributed by atoms with Crippen molar-refractivity contribution >= 4 is 5.69 Å². The molecule has 2 rings (SSSR count). The van der Waals surface area contributed by atoms with Gasteiger partial charge in [-0.05, 0) is 41.8 Å². The fourth-order valence-electron chi connectivity index (χ4n) is 2.13. The van der Waals surface area contributed by atoms with Gasteiger partial charge in [-0.2, -0.15) is 0 Å². The van der Waals surface area contributed by atoms with E-state index >= 15 is 0 Å². The second-order valence-corrected chi connectivity index (χ2v) is 4.92. The minimum Gasteiger partial charge on any atom is -0.399 e. The second kappa shape index (κ2) is 5.19. The number of anilines is 1. The zero-order chi connectivity index (χ0) is 13.0. The molecule has 0 saturated carbocycles. The smallest absolute Gasteiger partial charge is 0.0314 e. The number of nitrogen functional groups attached to an aromatic ring is 1. The van der Waals surface area contributed by atoms with Crippen molar-refractivity contribution in [1.82, 2.24) is 4.98 Å². The Morgan fingerprint density at radius 2 is 1.67 bits per heavy atom. The van der Waals surface area contributed by atoms with Gasteiger partial charge in [-0.25, -0.2) is 0 Å². The van der Waals surface area contributed by atoms with Crippen LogP contribution in [0.1, 0.15) is 18.1 Å². The number of pyridine rings is 1. The van der Waals surface area contributed by atoms with E-state index in [9.17, 15) is 0 Å². The van der Waals surface area contributed by atoms with E-state index < -0.39 is 0 Å². The van der Waals surface area contributed by atoms with E-state index in [-0.39, 0.29) is 5.41 Å². The summed E-state index contributed by atoms with van der Waals surface area (Å²) in [6.07, 6.45) is 4.53. The maximum absolute atomic E-state index is 5.98. The molecular formula is C15H19N3. The molecule has 1 unspecified atom stereocenters. The Bertz CT molecular complexity index is 493. The number of hydrogen-bond acceptors (Lipinski definition) is 3.